The van der Waals surface area contributed by atoms with Crippen LogP contribution in [-0.4, -0.2) is 52.2 Å². The summed E-state index contributed by atoms with van der Waals surface area (Å²) in [7, 11) is -1.57. The van der Waals surface area contributed by atoms with Gasteiger partial charge in [0, 0.05) is 6.61 Å². The monoisotopic (exact) mass is 341 g/mol. The van der Waals surface area contributed by atoms with Crippen LogP contribution in [0.4, 0.5) is 31.1 Å². The number of ether oxygens (including phenoxy) is 2. The van der Waals surface area contributed by atoms with Gasteiger partial charge in [-0.25, -0.2) is 13.6 Å². The SMILES string of the molecule is CCOC(NC(=O)OCC(F)(F)C(F)(F)C(F)F)[SiH](C)C. The van der Waals surface area contributed by atoms with Gasteiger partial charge < -0.3 is 9.47 Å². The van der Waals surface area contributed by atoms with E-state index >= 15 is 0 Å². The van der Waals surface area contributed by atoms with E-state index in [0.717, 1.165) is 0 Å². The molecule has 0 aliphatic rings. The van der Waals surface area contributed by atoms with Crippen molar-refractivity contribution in [2.24, 2.45) is 0 Å². The summed E-state index contributed by atoms with van der Waals surface area (Å²) in [4.78, 5) is 11.2. The number of amides is 1. The van der Waals surface area contributed by atoms with Gasteiger partial charge in [0.25, 0.3) is 0 Å². The summed E-state index contributed by atoms with van der Waals surface area (Å²) in [5.74, 6) is -11.5. The van der Waals surface area contributed by atoms with E-state index in [0.29, 0.717) is 0 Å². The summed E-state index contributed by atoms with van der Waals surface area (Å²) in [5, 5.41) is 2.08. The van der Waals surface area contributed by atoms with Gasteiger partial charge in [-0.2, -0.15) is 17.6 Å². The Kier molecular flexibility index (Phi) is 7.51. The van der Waals surface area contributed by atoms with Crippen LogP contribution in [0.5, 0.6) is 0 Å². The molecule has 126 valence electrons. The highest BCUT2D eigenvalue weighted by atomic mass is 28.3. The number of nitrogens with one attached hydrogen (secondary N) is 1. The molecule has 0 fully saturated rings. The Bertz CT molecular complexity index is 343. The molecule has 21 heavy (non-hydrogen) atoms. The first-order valence-electron chi connectivity index (χ1n) is 6.04. The van der Waals surface area contributed by atoms with Crippen molar-refractivity contribution in [2.45, 2.75) is 44.1 Å². The van der Waals surface area contributed by atoms with Crippen LogP contribution in [0, 0.1) is 0 Å². The molecule has 0 aromatic rings. The summed E-state index contributed by atoms with van der Waals surface area (Å²) in [6, 6.07) is 0. The quantitative estimate of drug-likeness (QED) is 0.419. The molecule has 0 aliphatic heterocycles. The predicted octanol–water partition coefficient (Wildman–Crippen LogP) is 2.64. The van der Waals surface area contributed by atoms with Crippen LogP contribution in [0.1, 0.15) is 6.92 Å². The fraction of sp³-hybridized carbons (Fsp3) is 0.900. The predicted molar refractivity (Wildman–Crippen MR) is 64.7 cm³/mol. The smallest absolute Gasteiger partial charge is 0.409 e. The van der Waals surface area contributed by atoms with E-state index in [4.69, 9.17) is 4.74 Å². The highest BCUT2D eigenvalue weighted by Crippen LogP contribution is 2.39. The number of alkyl halides is 6. The zero-order chi connectivity index (χ0) is 16.8. The second kappa shape index (κ2) is 7.87. The van der Waals surface area contributed by atoms with Crippen molar-refractivity contribution < 1.29 is 40.6 Å². The lowest BCUT2D eigenvalue weighted by molar-refractivity contribution is -0.274. The maximum Gasteiger partial charge on any atom is 0.409 e. The maximum absolute atomic E-state index is 12.9. The minimum atomic E-state index is -5.58. The lowest BCUT2D eigenvalue weighted by Gasteiger charge is -2.26. The second-order valence-electron chi connectivity index (χ2n) is 4.47. The van der Waals surface area contributed by atoms with E-state index < -0.39 is 45.6 Å². The number of alkyl carbamates (subject to hydrolysis) is 1. The molecule has 1 N–H and O–H groups in total. The van der Waals surface area contributed by atoms with Crippen LogP contribution in [0.2, 0.25) is 13.1 Å². The van der Waals surface area contributed by atoms with E-state index in [1.54, 1.807) is 20.0 Å². The molecule has 0 aromatic carbocycles. The molecule has 1 atom stereocenters. The Morgan fingerprint density at radius 3 is 2.14 bits per heavy atom. The van der Waals surface area contributed by atoms with Gasteiger partial charge in [0.2, 0.25) is 0 Å². The second-order valence-corrected chi connectivity index (χ2v) is 7.56. The summed E-state index contributed by atoms with van der Waals surface area (Å²) in [5.41, 5.74) is 0. The van der Waals surface area contributed by atoms with Gasteiger partial charge in [-0.3, -0.25) is 5.32 Å². The zero-order valence-electron chi connectivity index (χ0n) is 11.6. The van der Waals surface area contributed by atoms with Gasteiger partial charge in [-0.15, -0.1) is 0 Å². The Morgan fingerprint density at radius 1 is 1.24 bits per heavy atom. The highest BCUT2D eigenvalue weighted by molar-refractivity contribution is 6.57. The fourth-order valence-corrected chi connectivity index (χ4v) is 2.20. The molecule has 0 spiro atoms. The number of hydrogen-bond acceptors (Lipinski definition) is 3. The van der Waals surface area contributed by atoms with Crippen molar-refractivity contribution in [3.8, 4) is 0 Å². The van der Waals surface area contributed by atoms with E-state index in [9.17, 15) is 31.1 Å². The van der Waals surface area contributed by atoms with Gasteiger partial charge in [-0.1, -0.05) is 13.1 Å². The molecule has 4 nitrogen and oxygen atoms in total. The number of carbonyl (C=O) groups is 1. The minimum Gasteiger partial charge on any atom is -0.443 e. The van der Waals surface area contributed by atoms with Crippen molar-refractivity contribution in [2.75, 3.05) is 13.2 Å². The zero-order valence-corrected chi connectivity index (χ0v) is 12.8. The van der Waals surface area contributed by atoms with Crippen molar-refractivity contribution in [1.29, 1.82) is 0 Å². The number of hydrogen-bond donors (Lipinski definition) is 1. The molecule has 0 radical (unpaired) electrons. The molecule has 0 saturated heterocycles. The first-order valence-corrected chi connectivity index (χ1v) is 9.02. The summed E-state index contributed by atoms with van der Waals surface area (Å²) in [6.07, 6.45) is -6.00. The molecular weight excluding hydrogens is 324 g/mol. The van der Waals surface area contributed by atoms with Crippen molar-refractivity contribution >= 4 is 14.9 Å². The first-order chi connectivity index (χ1) is 9.45. The van der Waals surface area contributed by atoms with Gasteiger partial charge >= 0.3 is 24.4 Å². The Labute approximate surface area is 119 Å². The van der Waals surface area contributed by atoms with E-state index in [1.807, 2.05) is 0 Å². The van der Waals surface area contributed by atoms with Crippen LogP contribution >= 0.6 is 0 Å². The Morgan fingerprint density at radius 2 is 1.76 bits per heavy atom. The maximum atomic E-state index is 12.9. The molecule has 1 amide bonds. The molecule has 1 unspecified atom stereocenters. The molecular formula is C10H17F6NO3Si. The van der Waals surface area contributed by atoms with Crippen LogP contribution < -0.4 is 5.32 Å². The highest BCUT2D eigenvalue weighted by Gasteiger charge is 2.63. The molecule has 0 saturated carbocycles. The Balaban J connectivity index is 4.54. The van der Waals surface area contributed by atoms with Crippen LogP contribution in [0.15, 0.2) is 0 Å². The van der Waals surface area contributed by atoms with Gasteiger partial charge in [0.05, 0.1) is 8.80 Å². The van der Waals surface area contributed by atoms with E-state index in [-0.39, 0.29) is 6.61 Å². The fourth-order valence-electron chi connectivity index (χ4n) is 1.15. The average molecular weight is 341 g/mol. The van der Waals surface area contributed by atoms with Crippen LogP contribution in [0.25, 0.3) is 0 Å². The summed E-state index contributed by atoms with van der Waals surface area (Å²) >= 11 is 0. The number of rotatable bonds is 8. The van der Waals surface area contributed by atoms with Gasteiger partial charge in [0.1, 0.15) is 5.85 Å². The molecule has 0 aromatic heterocycles. The third-order valence-electron chi connectivity index (χ3n) is 2.36. The third kappa shape index (κ3) is 5.73. The van der Waals surface area contributed by atoms with E-state index in [1.165, 1.54) is 0 Å². The number of carbonyl (C=O) groups excluding carboxylic acids is 1. The molecule has 0 heterocycles. The first kappa shape index (κ1) is 20.0. The molecule has 0 bridgehead atoms. The molecule has 0 rings (SSSR count). The standard InChI is InChI=1S/C10H17F6NO3Si/c1-4-19-8(21(2)3)17-7(18)20-5-9(13,14)10(15,16)6(11)12/h6,8,21H,4-5H2,1-3H3,(H,17,18). The largest absolute Gasteiger partial charge is 0.443 e. The Hall–Kier alpha value is -0.973. The molecule has 0 aliphatic carbocycles. The summed E-state index contributed by atoms with van der Waals surface area (Å²) in [6.45, 7) is 3.26. The van der Waals surface area contributed by atoms with Gasteiger partial charge in [-0.05, 0) is 6.92 Å². The van der Waals surface area contributed by atoms with E-state index in [2.05, 4.69) is 10.1 Å². The van der Waals surface area contributed by atoms with Crippen LogP contribution in [-0.2, 0) is 9.47 Å². The van der Waals surface area contributed by atoms with Crippen LogP contribution in [0.3, 0.4) is 0 Å². The molecule has 11 heteroatoms. The van der Waals surface area contributed by atoms with Crippen molar-refractivity contribution in [1.82, 2.24) is 5.32 Å². The number of halogens is 6. The normalized spacial score (nSPS) is 14.4. The lowest BCUT2D eigenvalue weighted by atomic mass is 10.2. The van der Waals surface area contributed by atoms with Gasteiger partial charge in [0.15, 0.2) is 6.61 Å². The summed E-state index contributed by atoms with van der Waals surface area (Å²) < 4.78 is 83.6. The van der Waals surface area contributed by atoms with Crippen molar-refractivity contribution in [3.05, 3.63) is 0 Å². The topological polar surface area (TPSA) is 47.6 Å². The average Bonchev–Trinajstić information content (AvgIpc) is 2.35. The lowest BCUT2D eigenvalue weighted by Crippen LogP contribution is -2.51. The third-order valence-corrected chi connectivity index (χ3v) is 3.93. The van der Waals surface area contributed by atoms with Crippen molar-refractivity contribution in [3.63, 3.8) is 0 Å². The minimum absolute atomic E-state index is 0.232.